The third-order valence-corrected chi connectivity index (χ3v) is 6.19. The van der Waals surface area contributed by atoms with Gasteiger partial charge in [-0.3, -0.25) is 14.6 Å². The number of nitrogens with zero attached hydrogens (tertiary/aromatic N) is 3. The van der Waals surface area contributed by atoms with E-state index < -0.39 is 21.7 Å². The van der Waals surface area contributed by atoms with E-state index in [-0.39, 0.29) is 23.9 Å². The number of nitrogens with one attached hydrogen (secondary N) is 2. The maximum absolute atomic E-state index is 12.5. The van der Waals surface area contributed by atoms with Gasteiger partial charge in [0, 0.05) is 29.5 Å². The summed E-state index contributed by atoms with van der Waals surface area (Å²) in [7, 11) is -3.35. The standard InChI is InChI=1S/C19H16ClN5O4S/c20-13-1-3-14(4-2-13)25-17(15-10-30(28,29)11-16(15)24-25)23-19(27)18(26)22-9-12-5-7-21-8-6-12/h1-8H,9-11H2,(H,22,26)(H,23,27). The minimum absolute atomic E-state index is 0.150. The highest BCUT2D eigenvalue weighted by Crippen LogP contribution is 2.33. The van der Waals surface area contributed by atoms with E-state index in [2.05, 4.69) is 20.7 Å². The summed E-state index contributed by atoms with van der Waals surface area (Å²) in [4.78, 5) is 28.6. The molecule has 0 atom stereocenters. The monoisotopic (exact) mass is 445 g/mol. The predicted molar refractivity (Wildman–Crippen MR) is 110 cm³/mol. The molecule has 4 rings (SSSR count). The SMILES string of the molecule is O=C(NCc1ccncc1)C(=O)Nc1c2c(nn1-c1ccc(Cl)cc1)CS(=O)(=O)C2. The fourth-order valence-electron chi connectivity index (χ4n) is 3.07. The highest BCUT2D eigenvalue weighted by molar-refractivity contribution is 7.90. The molecule has 0 bridgehead atoms. The van der Waals surface area contributed by atoms with E-state index in [9.17, 15) is 18.0 Å². The first kappa shape index (κ1) is 20.0. The molecule has 1 aliphatic heterocycles. The topological polar surface area (TPSA) is 123 Å². The van der Waals surface area contributed by atoms with Gasteiger partial charge in [0.1, 0.15) is 5.82 Å². The Morgan fingerprint density at radius 3 is 2.43 bits per heavy atom. The minimum atomic E-state index is -3.35. The van der Waals surface area contributed by atoms with Gasteiger partial charge in [-0.05, 0) is 42.0 Å². The van der Waals surface area contributed by atoms with Gasteiger partial charge in [0.05, 0.1) is 22.9 Å². The van der Waals surface area contributed by atoms with Crippen molar-refractivity contribution in [3.05, 3.63) is 70.6 Å². The number of carbonyl (C=O) groups excluding carboxylic acids is 2. The molecule has 0 fully saturated rings. The number of sulfone groups is 1. The van der Waals surface area contributed by atoms with Crippen LogP contribution in [0.1, 0.15) is 16.8 Å². The average Bonchev–Trinajstić information content (AvgIpc) is 3.20. The van der Waals surface area contributed by atoms with Gasteiger partial charge in [0.15, 0.2) is 9.84 Å². The minimum Gasteiger partial charge on any atom is -0.344 e. The highest BCUT2D eigenvalue weighted by atomic mass is 35.5. The molecule has 2 amide bonds. The second kappa shape index (κ2) is 7.88. The van der Waals surface area contributed by atoms with Crippen LogP contribution in [0.5, 0.6) is 0 Å². The van der Waals surface area contributed by atoms with Crippen LogP contribution in [0, 0.1) is 0 Å². The maximum atomic E-state index is 12.5. The van der Waals surface area contributed by atoms with Gasteiger partial charge in [-0.15, -0.1) is 0 Å². The van der Waals surface area contributed by atoms with Crippen molar-refractivity contribution in [2.75, 3.05) is 5.32 Å². The van der Waals surface area contributed by atoms with Crippen LogP contribution in [0.3, 0.4) is 0 Å². The van der Waals surface area contributed by atoms with Crippen LogP contribution in [-0.4, -0.2) is 35.0 Å². The first-order valence-electron chi connectivity index (χ1n) is 8.87. The van der Waals surface area contributed by atoms with Crippen LogP contribution in [0.4, 0.5) is 5.82 Å². The van der Waals surface area contributed by atoms with Crippen LogP contribution in [-0.2, 0) is 37.5 Å². The molecule has 2 N–H and O–H groups in total. The predicted octanol–water partition coefficient (Wildman–Crippen LogP) is 1.60. The summed E-state index contributed by atoms with van der Waals surface area (Å²) >= 11 is 5.93. The van der Waals surface area contributed by atoms with Gasteiger partial charge in [0.25, 0.3) is 0 Å². The Kier molecular flexibility index (Phi) is 5.27. The smallest absolute Gasteiger partial charge is 0.314 e. The third kappa shape index (κ3) is 4.19. The van der Waals surface area contributed by atoms with E-state index >= 15 is 0 Å². The Labute approximate surface area is 177 Å². The van der Waals surface area contributed by atoms with Crippen molar-refractivity contribution < 1.29 is 18.0 Å². The zero-order valence-corrected chi connectivity index (χ0v) is 17.1. The zero-order valence-electron chi connectivity index (χ0n) is 15.5. The Morgan fingerprint density at radius 2 is 1.73 bits per heavy atom. The summed E-state index contributed by atoms with van der Waals surface area (Å²) in [5, 5.41) is 9.88. The lowest BCUT2D eigenvalue weighted by molar-refractivity contribution is -0.136. The molecular weight excluding hydrogens is 430 g/mol. The van der Waals surface area contributed by atoms with E-state index in [1.54, 1.807) is 48.8 Å². The van der Waals surface area contributed by atoms with Gasteiger partial charge < -0.3 is 10.6 Å². The molecule has 0 spiro atoms. The van der Waals surface area contributed by atoms with Gasteiger partial charge in [-0.2, -0.15) is 5.10 Å². The van der Waals surface area contributed by atoms with Gasteiger partial charge in [-0.1, -0.05) is 11.6 Å². The number of amides is 2. The molecule has 9 nitrogen and oxygen atoms in total. The summed E-state index contributed by atoms with van der Waals surface area (Å²) < 4.78 is 25.4. The second-order valence-electron chi connectivity index (χ2n) is 6.69. The van der Waals surface area contributed by atoms with Crippen LogP contribution < -0.4 is 10.6 Å². The van der Waals surface area contributed by atoms with Crippen LogP contribution in [0.25, 0.3) is 5.69 Å². The number of hydrogen-bond donors (Lipinski definition) is 2. The van der Waals surface area contributed by atoms with E-state index in [0.717, 1.165) is 5.56 Å². The number of hydrogen-bond acceptors (Lipinski definition) is 6. The summed E-state index contributed by atoms with van der Waals surface area (Å²) in [5.41, 5.74) is 2.07. The Hall–Kier alpha value is -3.24. The summed E-state index contributed by atoms with van der Waals surface area (Å²) in [6.07, 6.45) is 3.16. The molecule has 3 aromatic rings. The van der Waals surface area contributed by atoms with Gasteiger partial charge in [-0.25, -0.2) is 13.1 Å². The number of anilines is 1. The zero-order chi connectivity index (χ0) is 21.3. The van der Waals surface area contributed by atoms with Crippen LogP contribution >= 0.6 is 11.6 Å². The van der Waals surface area contributed by atoms with E-state index in [1.807, 2.05) is 0 Å². The molecule has 30 heavy (non-hydrogen) atoms. The molecule has 154 valence electrons. The number of pyridine rings is 1. The number of halogens is 1. The Balaban J connectivity index is 1.58. The van der Waals surface area contributed by atoms with Gasteiger partial charge in [0.2, 0.25) is 0 Å². The Morgan fingerprint density at radius 1 is 1.03 bits per heavy atom. The van der Waals surface area contributed by atoms with E-state index in [1.165, 1.54) is 4.68 Å². The molecule has 1 aliphatic rings. The maximum Gasteiger partial charge on any atom is 0.314 e. The first-order chi connectivity index (χ1) is 14.3. The highest BCUT2D eigenvalue weighted by Gasteiger charge is 2.33. The molecule has 2 aromatic heterocycles. The van der Waals surface area contributed by atoms with Crippen molar-refractivity contribution in [3.63, 3.8) is 0 Å². The fourth-order valence-corrected chi connectivity index (χ4v) is 4.69. The van der Waals surface area contributed by atoms with Crippen molar-refractivity contribution >= 4 is 39.1 Å². The van der Waals surface area contributed by atoms with Crippen LogP contribution in [0.2, 0.25) is 5.02 Å². The number of aromatic nitrogens is 3. The van der Waals surface area contributed by atoms with Gasteiger partial charge >= 0.3 is 11.8 Å². The number of benzene rings is 1. The second-order valence-corrected chi connectivity index (χ2v) is 9.19. The summed E-state index contributed by atoms with van der Waals surface area (Å²) in [5.74, 6) is -2.11. The lowest BCUT2D eigenvalue weighted by atomic mass is 10.2. The number of rotatable bonds is 4. The van der Waals surface area contributed by atoms with Crippen molar-refractivity contribution in [1.82, 2.24) is 20.1 Å². The lowest BCUT2D eigenvalue weighted by Gasteiger charge is -2.11. The van der Waals surface area contributed by atoms with Crippen LogP contribution in [0.15, 0.2) is 48.8 Å². The third-order valence-electron chi connectivity index (χ3n) is 4.50. The van der Waals surface area contributed by atoms with Crippen molar-refractivity contribution in [3.8, 4) is 5.69 Å². The molecular formula is C19H16ClN5O4S. The largest absolute Gasteiger partial charge is 0.344 e. The lowest BCUT2D eigenvalue weighted by Crippen LogP contribution is -2.35. The molecule has 0 saturated carbocycles. The summed E-state index contributed by atoms with van der Waals surface area (Å²) in [6.45, 7) is 0.151. The molecule has 0 aliphatic carbocycles. The quantitative estimate of drug-likeness (QED) is 0.588. The van der Waals surface area contributed by atoms with Crippen molar-refractivity contribution in [2.24, 2.45) is 0 Å². The first-order valence-corrected chi connectivity index (χ1v) is 11.1. The fraction of sp³-hybridized carbons (Fsp3) is 0.158. The molecule has 1 aromatic carbocycles. The summed E-state index contributed by atoms with van der Waals surface area (Å²) in [6, 6.07) is 10.1. The number of fused-ring (bicyclic) bond motifs is 1. The molecule has 0 unspecified atom stereocenters. The molecule has 3 heterocycles. The number of carbonyl (C=O) groups is 2. The molecule has 0 saturated heterocycles. The average molecular weight is 446 g/mol. The molecule has 0 radical (unpaired) electrons. The van der Waals surface area contributed by atoms with Crippen molar-refractivity contribution in [1.29, 1.82) is 0 Å². The normalized spacial score (nSPS) is 14.2. The van der Waals surface area contributed by atoms with E-state index in [0.29, 0.717) is 22.0 Å². The van der Waals surface area contributed by atoms with E-state index in [4.69, 9.17) is 11.6 Å². The van der Waals surface area contributed by atoms with Crippen molar-refractivity contribution in [2.45, 2.75) is 18.1 Å². The Bertz CT molecular complexity index is 1220. The molecule has 11 heteroatoms.